The summed E-state index contributed by atoms with van der Waals surface area (Å²) >= 11 is 3.29. The van der Waals surface area contributed by atoms with Crippen molar-refractivity contribution in [3.63, 3.8) is 0 Å². The molecule has 2 rings (SSSR count). The number of phenols is 2. The van der Waals surface area contributed by atoms with Gasteiger partial charge in [-0.25, -0.2) is 0 Å². The second-order valence-electron chi connectivity index (χ2n) is 4.64. The van der Waals surface area contributed by atoms with Crippen LogP contribution in [0.4, 0.5) is 0 Å². The van der Waals surface area contributed by atoms with Crippen LogP contribution in [0.15, 0.2) is 40.9 Å². The van der Waals surface area contributed by atoms with Crippen molar-refractivity contribution < 1.29 is 24.5 Å². The zero-order chi connectivity index (χ0) is 17.0. The molecule has 0 aliphatic heterocycles. The highest BCUT2D eigenvalue weighted by atomic mass is 79.9. The molecule has 0 atom stereocenters. The maximum atomic E-state index is 12.3. The Morgan fingerprint density at radius 3 is 2.43 bits per heavy atom. The molecule has 2 N–H and O–H groups in total. The molecule has 0 fully saturated rings. The molecular weight excluding hydrogens is 364 g/mol. The molecule has 5 nitrogen and oxygen atoms in total. The van der Waals surface area contributed by atoms with Gasteiger partial charge in [-0.3, -0.25) is 4.79 Å². The van der Waals surface area contributed by atoms with E-state index in [0.717, 1.165) is 0 Å². The van der Waals surface area contributed by atoms with Crippen LogP contribution in [-0.4, -0.2) is 30.2 Å². The highest BCUT2D eigenvalue weighted by Crippen LogP contribution is 2.33. The summed E-state index contributed by atoms with van der Waals surface area (Å²) in [7, 11) is 2.90. The summed E-state index contributed by atoms with van der Waals surface area (Å²) in [5.74, 6) is 0.343. The van der Waals surface area contributed by atoms with Crippen molar-refractivity contribution in [1.29, 1.82) is 0 Å². The Hall–Kier alpha value is -2.47. The van der Waals surface area contributed by atoms with E-state index in [4.69, 9.17) is 9.47 Å². The molecule has 6 heteroatoms. The summed E-state index contributed by atoms with van der Waals surface area (Å²) in [6.07, 6.45) is 2.96. The van der Waals surface area contributed by atoms with Crippen molar-refractivity contribution in [2.45, 2.75) is 0 Å². The van der Waals surface area contributed by atoms with Crippen LogP contribution in [0.3, 0.4) is 0 Å². The molecule has 0 spiro atoms. The number of methoxy groups -OCH3 is 2. The van der Waals surface area contributed by atoms with E-state index in [0.29, 0.717) is 21.5 Å². The minimum atomic E-state index is -0.307. The van der Waals surface area contributed by atoms with Crippen LogP contribution in [0, 0.1) is 0 Å². The summed E-state index contributed by atoms with van der Waals surface area (Å²) in [6.45, 7) is 0. The number of ether oxygens (including phenoxy) is 2. The van der Waals surface area contributed by atoms with Crippen molar-refractivity contribution in [2.24, 2.45) is 0 Å². The van der Waals surface area contributed by atoms with E-state index in [1.54, 1.807) is 18.2 Å². The minimum Gasteiger partial charge on any atom is -0.508 e. The summed E-state index contributed by atoms with van der Waals surface area (Å²) in [4.78, 5) is 12.3. The SMILES string of the molecule is COc1cc(/C=C/C(=O)c2cc(O)cc(OC)c2Br)ccc1O. The number of benzene rings is 2. The average molecular weight is 379 g/mol. The van der Waals surface area contributed by atoms with E-state index in [1.165, 1.54) is 38.5 Å². The highest BCUT2D eigenvalue weighted by Gasteiger charge is 2.14. The first kappa shape index (κ1) is 16.9. The van der Waals surface area contributed by atoms with Crippen LogP contribution in [-0.2, 0) is 0 Å². The fraction of sp³-hybridized carbons (Fsp3) is 0.118. The molecule has 0 radical (unpaired) electrons. The molecule has 120 valence electrons. The van der Waals surface area contributed by atoms with Crippen molar-refractivity contribution in [1.82, 2.24) is 0 Å². The molecule has 0 heterocycles. The number of allylic oxidation sites excluding steroid dienone is 1. The van der Waals surface area contributed by atoms with E-state index in [1.807, 2.05) is 0 Å². The molecule has 0 aliphatic carbocycles. The zero-order valence-electron chi connectivity index (χ0n) is 12.5. The van der Waals surface area contributed by atoms with E-state index in [2.05, 4.69) is 15.9 Å². The van der Waals surface area contributed by atoms with Crippen molar-refractivity contribution >= 4 is 27.8 Å². The normalized spacial score (nSPS) is 10.7. The first-order valence-electron chi connectivity index (χ1n) is 6.62. The third kappa shape index (κ3) is 3.84. The van der Waals surface area contributed by atoms with Gasteiger partial charge in [0.2, 0.25) is 0 Å². The molecule has 2 aromatic carbocycles. The lowest BCUT2D eigenvalue weighted by molar-refractivity contribution is 0.104. The predicted octanol–water partition coefficient (Wildman–Crippen LogP) is 3.77. The van der Waals surface area contributed by atoms with Gasteiger partial charge in [0.05, 0.1) is 18.7 Å². The van der Waals surface area contributed by atoms with Crippen LogP contribution in [0.5, 0.6) is 23.0 Å². The average Bonchev–Trinajstić information content (AvgIpc) is 2.55. The summed E-state index contributed by atoms with van der Waals surface area (Å²) in [5.41, 5.74) is 0.972. The third-order valence-electron chi connectivity index (χ3n) is 3.14. The number of carbonyl (C=O) groups is 1. The lowest BCUT2D eigenvalue weighted by Crippen LogP contribution is -1.98. The first-order valence-corrected chi connectivity index (χ1v) is 7.41. The molecule has 0 amide bonds. The Bertz CT molecular complexity index is 768. The van der Waals surface area contributed by atoms with Gasteiger partial charge in [-0.2, -0.15) is 0 Å². The van der Waals surface area contributed by atoms with Crippen LogP contribution in [0.25, 0.3) is 6.08 Å². The van der Waals surface area contributed by atoms with Crippen LogP contribution in [0.2, 0.25) is 0 Å². The lowest BCUT2D eigenvalue weighted by Gasteiger charge is -2.08. The molecule has 0 bridgehead atoms. The highest BCUT2D eigenvalue weighted by molar-refractivity contribution is 9.10. The number of hydrogen-bond donors (Lipinski definition) is 2. The van der Waals surface area contributed by atoms with Crippen molar-refractivity contribution in [3.8, 4) is 23.0 Å². The fourth-order valence-electron chi connectivity index (χ4n) is 1.97. The number of carbonyl (C=O) groups excluding carboxylic acids is 1. The smallest absolute Gasteiger partial charge is 0.187 e. The fourth-order valence-corrected chi connectivity index (χ4v) is 2.56. The Balaban J connectivity index is 2.30. The lowest BCUT2D eigenvalue weighted by atomic mass is 10.1. The molecule has 0 saturated carbocycles. The van der Waals surface area contributed by atoms with E-state index in [-0.39, 0.29) is 22.8 Å². The van der Waals surface area contributed by atoms with Crippen LogP contribution < -0.4 is 9.47 Å². The van der Waals surface area contributed by atoms with Gasteiger partial charge in [-0.05, 0) is 45.8 Å². The molecule has 2 aromatic rings. The number of rotatable bonds is 5. The quantitative estimate of drug-likeness (QED) is 0.611. The Morgan fingerprint density at radius 1 is 1.09 bits per heavy atom. The second-order valence-corrected chi connectivity index (χ2v) is 5.43. The van der Waals surface area contributed by atoms with Crippen molar-refractivity contribution in [2.75, 3.05) is 14.2 Å². The minimum absolute atomic E-state index is 0.0245. The van der Waals surface area contributed by atoms with Crippen LogP contribution in [0.1, 0.15) is 15.9 Å². The van der Waals surface area contributed by atoms with Crippen LogP contribution >= 0.6 is 15.9 Å². The summed E-state index contributed by atoms with van der Waals surface area (Å²) < 4.78 is 10.6. The largest absolute Gasteiger partial charge is 0.508 e. The monoisotopic (exact) mass is 378 g/mol. The van der Waals surface area contributed by atoms with Gasteiger partial charge in [0.25, 0.3) is 0 Å². The number of phenolic OH excluding ortho intramolecular Hbond substituents is 2. The van der Waals surface area contributed by atoms with Gasteiger partial charge in [-0.15, -0.1) is 0 Å². The molecular formula is C17H15BrO5. The molecule has 0 saturated heterocycles. The topological polar surface area (TPSA) is 76.0 Å². The molecule has 0 unspecified atom stereocenters. The number of aromatic hydroxyl groups is 2. The van der Waals surface area contributed by atoms with E-state index in [9.17, 15) is 15.0 Å². The van der Waals surface area contributed by atoms with Gasteiger partial charge in [-0.1, -0.05) is 12.1 Å². The number of ketones is 1. The standard InChI is InChI=1S/C17H15BrO5/c1-22-15-7-10(4-6-14(15)21)3-5-13(20)12-8-11(19)9-16(23-2)17(12)18/h3-9,19,21H,1-2H3/b5-3+. The predicted molar refractivity (Wildman–Crippen MR) is 90.4 cm³/mol. The Kier molecular flexibility index (Phi) is 5.28. The van der Waals surface area contributed by atoms with Crippen molar-refractivity contribution in [3.05, 3.63) is 52.0 Å². The maximum Gasteiger partial charge on any atom is 0.187 e. The summed E-state index contributed by atoms with van der Waals surface area (Å²) in [5, 5.41) is 19.2. The first-order chi connectivity index (χ1) is 11.0. The summed E-state index contributed by atoms with van der Waals surface area (Å²) in [6, 6.07) is 7.51. The van der Waals surface area contributed by atoms with E-state index >= 15 is 0 Å². The van der Waals surface area contributed by atoms with Gasteiger partial charge < -0.3 is 19.7 Å². The van der Waals surface area contributed by atoms with E-state index < -0.39 is 0 Å². The second kappa shape index (κ2) is 7.19. The maximum absolute atomic E-state index is 12.3. The van der Waals surface area contributed by atoms with Gasteiger partial charge in [0, 0.05) is 11.6 Å². The number of hydrogen-bond acceptors (Lipinski definition) is 5. The number of halogens is 1. The van der Waals surface area contributed by atoms with Gasteiger partial charge in [0.15, 0.2) is 17.3 Å². The molecule has 0 aromatic heterocycles. The van der Waals surface area contributed by atoms with Gasteiger partial charge >= 0.3 is 0 Å². The zero-order valence-corrected chi connectivity index (χ0v) is 14.1. The third-order valence-corrected chi connectivity index (χ3v) is 3.96. The molecule has 23 heavy (non-hydrogen) atoms. The van der Waals surface area contributed by atoms with Gasteiger partial charge in [0.1, 0.15) is 11.5 Å². The Morgan fingerprint density at radius 2 is 1.78 bits per heavy atom. The Labute approximate surface area is 141 Å². The molecule has 0 aliphatic rings.